The van der Waals surface area contributed by atoms with Gasteiger partial charge in [0.05, 0.1) is 16.4 Å². The lowest BCUT2D eigenvalue weighted by atomic mass is 9.65. The van der Waals surface area contributed by atoms with E-state index in [2.05, 4.69) is 180 Å². The van der Waals surface area contributed by atoms with Crippen molar-refractivity contribution < 1.29 is 4.74 Å². The normalized spacial score (nSPS) is 13.6. The average molecular weight is 624 g/mol. The maximum atomic E-state index is 6.76. The summed E-state index contributed by atoms with van der Waals surface area (Å²) in [5.74, 6) is 1.81. The van der Waals surface area contributed by atoms with Crippen LogP contribution in [0.25, 0.3) is 60.5 Å². The highest BCUT2D eigenvalue weighted by Gasteiger charge is 2.51. The van der Waals surface area contributed by atoms with Crippen molar-refractivity contribution in [2.75, 3.05) is 0 Å². The monoisotopic (exact) mass is 623 g/mol. The smallest absolute Gasteiger partial charge is 0.132 e. The Bertz CT molecular complexity index is 2760. The summed E-state index contributed by atoms with van der Waals surface area (Å²) in [6, 6.07) is 64.1. The van der Waals surface area contributed by atoms with Crippen LogP contribution in [0.15, 0.2) is 176 Å². The minimum Gasteiger partial charge on any atom is -0.457 e. The van der Waals surface area contributed by atoms with E-state index in [9.17, 15) is 0 Å². The standard InChI is InChI=1S/C47H29NO/c1-2-14-32(15-3-1)48-41-23-12-19-34(46(41)45-33-16-5-4-13-30(33)25-27-42(45)48)31-26-28-44-40(29-31)47(39-22-10-11-24-43(39)49-44)37-20-8-6-17-35(37)36-18-7-9-21-38(36)47/h1-29H. The molecule has 2 heterocycles. The van der Waals surface area contributed by atoms with Crippen LogP contribution in [0.3, 0.4) is 0 Å². The van der Waals surface area contributed by atoms with Crippen LogP contribution in [-0.4, -0.2) is 4.57 Å². The molecule has 1 aliphatic carbocycles. The predicted octanol–water partition coefficient (Wildman–Crippen LogP) is 12.1. The van der Waals surface area contributed by atoms with Gasteiger partial charge in [0.25, 0.3) is 0 Å². The van der Waals surface area contributed by atoms with Crippen LogP contribution in [0, 0.1) is 0 Å². The molecular formula is C47H29NO. The summed E-state index contributed by atoms with van der Waals surface area (Å²) in [4.78, 5) is 0. The highest BCUT2D eigenvalue weighted by atomic mass is 16.5. The van der Waals surface area contributed by atoms with Gasteiger partial charge in [-0.1, -0.05) is 133 Å². The van der Waals surface area contributed by atoms with Gasteiger partial charge in [-0.2, -0.15) is 0 Å². The zero-order chi connectivity index (χ0) is 32.1. The summed E-state index contributed by atoms with van der Waals surface area (Å²) in [5, 5.41) is 5.04. The molecule has 2 aliphatic rings. The molecule has 0 unspecified atom stereocenters. The third kappa shape index (κ3) is 3.45. The van der Waals surface area contributed by atoms with Gasteiger partial charge in [-0.3, -0.25) is 0 Å². The van der Waals surface area contributed by atoms with Crippen LogP contribution in [0.5, 0.6) is 11.5 Å². The molecule has 0 atom stereocenters. The first kappa shape index (κ1) is 26.7. The number of nitrogens with zero attached hydrogens (tertiary/aromatic N) is 1. The molecule has 1 spiro atoms. The predicted molar refractivity (Wildman–Crippen MR) is 201 cm³/mol. The number of ether oxygens (including phenoxy) is 1. The van der Waals surface area contributed by atoms with E-state index in [0.717, 1.165) is 17.2 Å². The zero-order valence-corrected chi connectivity index (χ0v) is 26.6. The summed E-state index contributed by atoms with van der Waals surface area (Å²) in [6.07, 6.45) is 0. The second-order valence-corrected chi connectivity index (χ2v) is 13.2. The summed E-state index contributed by atoms with van der Waals surface area (Å²) in [6.45, 7) is 0. The van der Waals surface area contributed by atoms with Crippen LogP contribution >= 0.6 is 0 Å². The van der Waals surface area contributed by atoms with E-state index in [1.54, 1.807) is 0 Å². The molecule has 0 saturated carbocycles. The van der Waals surface area contributed by atoms with Gasteiger partial charge in [-0.25, -0.2) is 0 Å². The lowest BCUT2D eigenvalue weighted by molar-refractivity contribution is 0.436. The van der Waals surface area contributed by atoms with Gasteiger partial charge in [0.1, 0.15) is 11.5 Å². The fourth-order valence-electron chi connectivity index (χ4n) is 8.95. The first-order valence-corrected chi connectivity index (χ1v) is 16.9. The Morgan fingerprint density at radius 3 is 1.86 bits per heavy atom. The minimum absolute atomic E-state index is 0.508. The van der Waals surface area contributed by atoms with Crippen molar-refractivity contribution in [1.29, 1.82) is 0 Å². The Hall–Kier alpha value is -6.38. The molecule has 0 fully saturated rings. The molecule has 1 aliphatic heterocycles. The van der Waals surface area contributed by atoms with Crippen molar-refractivity contribution in [2.45, 2.75) is 5.41 Å². The largest absolute Gasteiger partial charge is 0.457 e. The summed E-state index contributed by atoms with van der Waals surface area (Å²) in [7, 11) is 0. The molecule has 11 rings (SSSR count). The van der Waals surface area contributed by atoms with Crippen LogP contribution in [0.1, 0.15) is 22.3 Å². The Morgan fingerprint density at radius 1 is 0.408 bits per heavy atom. The molecule has 2 heteroatoms. The lowest BCUT2D eigenvalue weighted by Crippen LogP contribution is -2.32. The van der Waals surface area contributed by atoms with E-state index in [1.165, 1.54) is 77.1 Å². The SMILES string of the molecule is c1ccc(-n2c3cccc(-c4ccc5c(c4)C4(c6ccccc6O5)c5ccccc5-c5ccccc54)c3c3c4ccccc4ccc32)cc1. The highest BCUT2D eigenvalue weighted by Crippen LogP contribution is 2.62. The van der Waals surface area contributed by atoms with Gasteiger partial charge in [0.2, 0.25) is 0 Å². The number of aromatic nitrogens is 1. The Balaban J connectivity index is 1.26. The molecule has 1 aromatic heterocycles. The first-order valence-electron chi connectivity index (χ1n) is 16.9. The van der Waals surface area contributed by atoms with E-state index >= 15 is 0 Å². The molecule has 9 aromatic rings. The van der Waals surface area contributed by atoms with E-state index in [1.807, 2.05) is 0 Å². The summed E-state index contributed by atoms with van der Waals surface area (Å²) in [5.41, 5.74) is 13.0. The van der Waals surface area contributed by atoms with Gasteiger partial charge in [0, 0.05) is 27.6 Å². The molecular weight excluding hydrogens is 595 g/mol. The van der Waals surface area contributed by atoms with Crippen LogP contribution < -0.4 is 4.74 Å². The second-order valence-electron chi connectivity index (χ2n) is 13.2. The van der Waals surface area contributed by atoms with Crippen molar-refractivity contribution in [3.05, 3.63) is 198 Å². The van der Waals surface area contributed by atoms with Crippen molar-refractivity contribution in [3.63, 3.8) is 0 Å². The van der Waals surface area contributed by atoms with Crippen LogP contribution in [0.2, 0.25) is 0 Å². The third-order valence-corrected chi connectivity index (χ3v) is 10.9. The quantitative estimate of drug-likeness (QED) is 0.187. The molecule has 0 saturated heterocycles. The second kappa shape index (κ2) is 9.82. The van der Waals surface area contributed by atoms with Gasteiger partial charge >= 0.3 is 0 Å². The van der Waals surface area contributed by atoms with Crippen molar-refractivity contribution >= 4 is 32.6 Å². The van der Waals surface area contributed by atoms with Gasteiger partial charge in [-0.15, -0.1) is 0 Å². The van der Waals surface area contributed by atoms with E-state index in [-0.39, 0.29) is 0 Å². The summed E-state index contributed by atoms with van der Waals surface area (Å²) < 4.78 is 9.18. The number of rotatable bonds is 2. The van der Waals surface area contributed by atoms with Gasteiger partial charge in [0.15, 0.2) is 0 Å². The molecule has 0 amide bonds. The van der Waals surface area contributed by atoms with Gasteiger partial charge in [-0.05, 0) is 86.6 Å². The van der Waals surface area contributed by atoms with E-state index in [4.69, 9.17) is 4.74 Å². The topological polar surface area (TPSA) is 14.2 Å². The maximum Gasteiger partial charge on any atom is 0.132 e. The number of para-hydroxylation sites is 2. The molecule has 228 valence electrons. The Morgan fingerprint density at radius 2 is 1.04 bits per heavy atom. The molecule has 0 bridgehead atoms. The molecule has 49 heavy (non-hydrogen) atoms. The van der Waals surface area contributed by atoms with E-state index < -0.39 is 5.41 Å². The molecule has 8 aromatic carbocycles. The van der Waals surface area contributed by atoms with Crippen molar-refractivity contribution in [1.82, 2.24) is 4.57 Å². The fourth-order valence-corrected chi connectivity index (χ4v) is 8.95. The van der Waals surface area contributed by atoms with E-state index in [0.29, 0.717) is 0 Å². The zero-order valence-electron chi connectivity index (χ0n) is 26.6. The molecule has 0 radical (unpaired) electrons. The highest BCUT2D eigenvalue weighted by molar-refractivity contribution is 6.25. The number of hydrogen-bond acceptors (Lipinski definition) is 1. The number of fused-ring (bicyclic) bond motifs is 14. The molecule has 0 N–H and O–H groups in total. The first-order chi connectivity index (χ1) is 24.3. The van der Waals surface area contributed by atoms with Crippen molar-refractivity contribution in [2.24, 2.45) is 0 Å². The Kier molecular flexibility index (Phi) is 5.34. The van der Waals surface area contributed by atoms with Gasteiger partial charge < -0.3 is 9.30 Å². The van der Waals surface area contributed by atoms with Crippen LogP contribution in [0.4, 0.5) is 0 Å². The number of benzene rings is 8. The summed E-state index contributed by atoms with van der Waals surface area (Å²) >= 11 is 0. The fraction of sp³-hybridized carbons (Fsp3) is 0.0213. The molecule has 2 nitrogen and oxygen atoms in total. The minimum atomic E-state index is -0.508. The average Bonchev–Trinajstić information content (AvgIpc) is 3.67. The number of hydrogen-bond donors (Lipinski definition) is 0. The van der Waals surface area contributed by atoms with Crippen molar-refractivity contribution in [3.8, 4) is 39.4 Å². The lowest BCUT2D eigenvalue weighted by Gasteiger charge is -2.39. The third-order valence-electron chi connectivity index (χ3n) is 10.9. The Labute approximate surface area is 284 Å². The maximum absolute atomic E-state index is 6.76. The van der Waals surface area contributed by atoms with Crippen LogP contribution in [-0.2, 0) is 5.41 Å².